The maximum absolute atomic E-state index is 9.61. The van der Waals surface area contributed by atoms with E-state index in [9.17, 15) is 15.3 Å². The fourth-order valence-corrected chi connectivity index (χ4v) is 2.63. The van der Waals surface area contributed by atoms with E-state index in [1.54, 1.807) is 12.1 Å². The van der Waals surface area contributed by atoms with Crippen LogP contribution in [0.4, 0.5) is 5.82 Å². The predicted octanol–water partition coefficient (Wildman–Crippen LogP) is 2.07. The lowest BCUT2D eigenvalue weighted by Gasteiger charge is -2.15. The molecule has 122 valence electrons. The van der Waals surface area contributed by atoms with Crippen LogP contribution < -0.4 is 5.73 Å². The van der Waals surface area contributed by atoms with Gasteiger partial charge in [-0.2, -0.15) is 5.26 Å². The first-order chi connectivity index (χ1) is 11.1. The molecular weight excluding hydrogens is 318 g/mol. The van der Waals surface area contributed by atoms with Gasteiger partial charge in [0.15, 0.2) is 0 Å². The van der Waals surface area contributed by atoms with Crippen LogP contribution in [0.3, 0.4) is 0 Å². The highest BCUT2D eigenvalue weighted by Crippen LogP contribution is 2.39. The van der Waals surface area contributed by atoms with Gasteiger partial charge in [-0.25, -0.2) is 0 Å². The number of halogens is 1. The molecule has 0 saturated heterocycles. The number of nitrogens with zero attached hydrogens (tertiary/aromatic N) is 1. The maximum atomic E-state index is 9.61. The molecule has 1 heterocycles. The first-order valence-electron chi connectivity index (χ1n) is 6.62. The van der Waals surface area contributed by atoms with E-state index in [4.69, 9.17) is 22.6 Å². The third-order valence-electron chi connectivity index (χ3n) is 3.36. The number of aromatic amines is 1. The molecule has 0 atom stereocenters. The number of hydrogen-bond acceptors (Lipinski definition) is 5. The van der Waals surface area contributed by atoms with Gasteiger partial charge in [-0.3, -0.25) is 0 Å². The average Bonchev–Trinajstić information content (AvgIpc) is 2.88. The summed E-state index contributed by atoms with van der Waals surface area (Å²) in [4.78, 5) is 2.67. The Balaban J connectivity index is 0.00000127. The monoisotopic (exact) mass is 335 g/mol. The summed E-state index contributed by atoms with van der Waals surface area (Å²) in [5.41, 5.74) is 8.24. The molecule has 0 saturated carbocycles. The molecule has 2 rings (SSSR count). The van der Waals surface area contributed by atoms with Crippen molar-refractivity contribution in [2.24, 2.45) is 0 Å². The quantitative estimate of drug-likeness (QED) is 0.547. The molecule has 7 heteroatoms. The first-order valence-corrected chi connectivity index (χ1v) is 7.00. The summed E-state index contributed by atoms with van der Waals surface area (Å²) in [6, 6.07) is 5.16. The summed E-state index contributed by atoms with van der Waals surface area (Å²) in [5, 5.41) is 37.5. The smallest absolute Gasteiger partial charge is 0.138 e. The lowest BCUT2D eigenvalue weighted by molar-refractivity contribution is 0.248. The van der Waals surface area contributed by atoms with E-state index in [0.29, 0.717) is 27.8 Å². The van der Waals surface area contributed by atoms with E-state index < -0.39 is 0 Å². The Morgan fingerprint density at radius 2 is 1.74 bits per heavy atom. The van der Waals surface area contributed by atoms with Crippen LogP contribution in [0.15, 0.2) is 25.3 Å². The molecule has 0 radical (unpaired) electrons. The maximum Gasteiger partial charge on any atom is 0.138 e. The molecule has 0 fully saturated rings. The van der Waals surface area contributed by atoms with Crippen molar-refractivity contribution in [3.8, 4) is 17.2 Å². The zero-order chi connectivity index (χ0) is 17.6. The van der Waals surface area contributed by atoms with Crippen molar-refractivity contribution in [1.29, 1.82) is 5.26 Å². The van der Waals surface area contributed by atoms with Crippen LogP contribution in [0.25, 0.3) is 11.1 Å². The number of benzene rings is 1. The summed E-state index contributed by atoms with van der Waals surface area (Å²) in [5.74, 6) is 0.201. The van der Waals surface area contributed by atoms with Crippen LogP contribution >= 0.6 is 11.6 Å². The molecule has 0 spiro atoms. The zero-order valence-electron chi connectivity index (χ0n) is 12.4. The number of nitriles is 1. The van der Waals surface area contributed by atoms with Gasteiger partial charge >= 0.3 is 0 Å². The van der Waals surface area contributed by atoms with E-state index in [2.05, 4.69) is 18.1 Å². The number of anilines is 1. The molecule has 0 aliphatic carbocycles. The molecule has 1 aromatic heterocycles. The van der Waals surface area contributed by atoms with Gasteiger partial charge in [0.05, 0.1) is 24.8 Å². The average molecular weight is 336 g/mol. The number of H-pyrrole nitrogens is 1. The molecule has 0 aliphatic heterocycles. The van der Waals surface area contributed by atoms with Crippen molar-refractivity contribution in [2.75, 3.05) is 5.73 Å². The fraction of sp³-hybridized carbons (Fsp3) is 0.188. The molecule has 0 unspecified atom stereocenters. The Morgan fingerprint density at radius 3 is 2.17 bits per heavy atom. The zero-order valence-corrected chi connectivity index (χ0v) is 13.2. The van der Waals surface area contributed by atoms with Crippen molar-refractivity contribution in [3.63, 3.8) is 0 Å². The summed E-state index contributed by atoms with van der Waals surface area (Å²) >= 11 is 6.14. The first kappa shape index (κ1) is 18.7. The minimum absolute atomic E-state index is 0.129. The van der Waals surface area contributed by atoms with Crippen LogP contribution in [0.1, 0.15) is 22.4 Å². The summed E-state index contributed by atoms with van der Waals surface area (Å²) in [6.07, 6.45) is 0. The van der Waals surface area contributed by atoms with Gasteiger partial charge in [-0.15, -0.1) is 13.2 Å². The largest absolute Gasteiger partial charge is 0.392 e. The lowest BCUT2D eigenvalue weighted by atomic mass is 9.93. The highest BCUT2D eigenvalue weighted by Gasteiger charge is 2.21. The Kier molecular flexibility index (Phi) is 6.82. The van der Waals surface area contributed by atoms with E-state index in [1.807, 2.05) is 6.07 Å². The van der Waals surface area contributed by atoms with Gasteiger partial charge in [0.25, 0.3) is 0 Å². The van der Waals surface area contributed by atoms with Crippen LogP contribution in [0.2, 0.25) is 5.02 Å². The number of aliphatic hydroxyl groups excluding tert-OH is 3. The number of rotatable bonds is 4. The van der Waals surface area contributed by atoms with E-state index >= 15 is 0 Å². The second kappa shape index (κ2) is 8.36. The topological polar surface area (TPSA) is 126 Å². The van der Waals surface area contributed by atoms with Gasteiger partial charge in [0.1, 0.15) is 17.6 Å². The predicted molar refractivity (Wildman–Crippen MR) is 89.4 cm³/mol. The van der Waals surface area contributed by atoms with Crippen LogP contribution in [-0.2, 0) is 19.8 Å². The number of nitrogen functional groups attached to an aromatic ring is 1. The van der Waals surface area contributed by atoms with E-state index in [1.165, 1.54) is 0 Å². The van der Waals surface area contributed by atoms with E-state index in [-0.39, 0.29) is 36.4 Å². The minimum Gasteiger partial charge on any atom is -0.392 e. The Hall–Kier alpha value is -2.30. The van der Waals surface area contributed by atoms with Gasteiger partial charge in [-0.1, -0.05) is 23.7 Å². The second-order valence-electron chi connectivity index (χ2n) is 4.42. The molecule has 0 amide bonds. The SMILES string of the molecule is C=C.N#Cc1[nH]c(N)c(-c2ccc(CO)c(CO)c2CO)c1Cl. The molecule has 6 nitrogen and oxygen atoms in total. The number of aliphatic hydroxyl groups is 3. The van der Waals surface area contributed by atoms with Crippen LogP contribution in [0, 0.1) is 11.3 Å². The highest BCUT2D eigenvalue weighted by molar-refractivity contribution is 6.35. The molecule has 23 heavy (non-hydrogen) atoms. The van der Waals surface area contributed by atoms with Gasteiger partial charge in [0.2, 0.25) is 0 Å². The van der Waals surface area contributed by atoms with Gasteiger partial charge < -0.3 is 26.0 Å². The molecule has 2 aromatic rings. The normalized spacial score (nSPS) is 9.87. The third kappa shape index (κ3) is 3.38. The van der Waals surface area contributed by atoms with Crippen molar-refractivity contribution >= 4 is 17.4 Å². The number of nitrogens with one attached hydrogen (secondary N) is 1. The highest BCUT2D eigenvalue weighted by atomic mass is 35.5. The molecule has 0 bridgehead atoms. The standard InChI is InChI=1S/C14H14ClN3O3.C2H4/c15-13-11(3-16)18-14(17)12(13)8-2-1-7(4-19)9(5-20)10(8)6-21;1-2/h1-2,18-21H,4-6,17H2;1-2H2. The Labute approximate surface area is 139 Å². The van der Waals surface area contributed by atoms with Crippen molar-refractivity contribution < 1.29 is 15.3 Å². The molecule has 1 aromatic carbocycles. The number of aromatic nitrogens is 1. The number of hydrogen-bond donors (Lipinski definition) is 5. The fourth-order valence-electron chi connectivity index (χ4n) is 2.34. The van der Waals surface area contributed by atoms with E-state index in [0.717, 1.165) is 0 Å². The lowest BCUT2D eigenvalue weighted by Crippen LogP contribution is -2.03. The molecular formula is C16H18ClN3O3. The summed E-state index contributed by atoms with van der Waals surface area (Å²) in [7, 11) is 0. The van der Waals surface area contributed by atoms with Crippen molar-refractivity contribution in [3.05, 3.63) is 52.7 Å². The summed E-state index contributed by atoms with van der Waals surface area (Å²) < 4.78 is 0. The third-order valence-corrected chi connectivity index (χ3v) is 3.74. The van der Waals surface area contributed by atoms with Gasteiger partial charge in [-0.05, 0) is 22.3 Å². The molecule has 6 N–H and O–H groups in total. The van der Waals surface area contributed by atoms with Crippen molar-refractivity contribution in [1.82, 2.24) is 4.98 Å². The van der Waals surface area contributed by atoms with Crippen LogP contribution in [0.5, 0.6) is 0 Å². The molecule has 0 aliphatic rings. The van der Waals surface area contributed by atoms with Crippen molar-refractivity contribution in [2.45, 2.75) is 19.8 Å². The number of nitrogens with two attached hydrogens (primary N) is 1. The van der Waals surface area contributed by atoms with Gasteiger partial charge in [0, 0.05) is 5.56 Å². The minimum atomic E-state index is -0.359. The van der Waals surface area contributed by atoms with Crippen LogP contribution in [-0.4, -0.2) is 20.3 Å². The Bertz CT molecular complexity index is 735. The second-order valence-corrected chi connectivity index (χ2v) is 4.80. The summed E-state index contributed by atoms with van der Waals surface area (Å²) in [6.45, 7) is 5.04. The Morgan fingerprint density at radius 1 is 1.13 bits per heavy atom.